The van der Waals surface area contributed by atoms with Crippen LogP contribution in [0.15, 0.2) is 18.2 Å². The molecule has 3 rings (SSSR count). The van der Waals surface area contributed by atoms with Gasteiger partial charge in [0.05, 0.1) is 0 Å². The number of rotatable bonds is 2. The average Bonchev–Trinajstić information content (AvgIpc) is 2.69. The van der Waals surface area contributed by atoms with E-state index in [1.54, 1.807) is 39.0 Å². The fourth-order valence-electron chi connectivity index (χ4n) is 3.04. The van der Waals surface area contributed by atoms with Crippen LogP contribution in [0.4, 0.5) is 16.2 Å². The van der Waals surface area contributed by atoms with E-state index in [0.29, 0.717) is 11.4 Å². The summed E-state index contributed by atoms with van der Waals surface area (Å²) in [5.41, 5.74) is 0.264. The Labute approximate surface area is 133 Å². The third-order valence-electron chi connectivity index (χ3n) is 3.90. The largest absolute Gasteiger partial charge is 0.444 e. The van der Waals surface area contributed by atoms with Crippen LogP contribution in [0.3, 0.4) is 0 Å². The van der Waals surface area contributed by atoms with Gasteiger partial charge in [0, 0.05) is 29.9 Å². The van der Waals surface area contributed by atoms with E-state index < -0.39 is 17.1 Å². The summed E-state index contributed by atoms with van der Waals surface area (Å²) in [4.78, 5) is 36.4. The molecule has 23 heavy (non-hydrogen) atoms. The van der Waals surface area contributed by atoms with E-state index in [1.165, 1.54) is 0 Å². The summed E-state index contributed by atoms with van der Waals surface area (Å²) in [5, 5.41) is 8.18. The third-order valence-corrected chi connectivity index (χ3v) is 3.90. The Morgan fingerprint density at radius 1 is 1.26 bits per heavy atom. The minimum atomic E-state index is -1.09. The van der Waals surface area contributed by atoms with Crippen LogP contribution in [0.5, 0.6) is 0 Å². The number of nitrogens with one attached hydrogen (secondary N) is 3. The Hall–Kier alpha value is -2.57. The van der Waals surface area contributed by atoms with Crippen LogP contribution in [-0.4, -0.2) is 30.1 Å². The third kappa shape index (κ3) is 2.62. The van der Waals surface area contributed by atoms with Crippen molar-refractivity contribution in [3.63, 3.8) is 0 Å². The smallest absolute Gasteiger partial charge is 0.407 e. The molecule has 0 saturated carbocycles. The van der Waals surface area contributed by atoms with E-state index in [1.807, 2.05) is 0 Å². The molecule has 1 aromatic carbocycles. The molecule has 3 amide bonds. The summed E-state index contributed by atoms with van der Waals surface area (Å²) < 4.78 is 5.20. The Bertz CT molecular complexity index is 708. The Kier molecular flexibility index (Phi) is 3.31. The molecule has 122 valence electrons. The molecule has 7 heteroatoms. The molecule has 0 aromatic heterocycles. The number of alkyl carbamates (subject to hydrolysis) is 1. The highest BCUT2D eigenvalue weighted by Crippen LogP contribution is 2.47. The molecule has 3 N–H and O–H groups in total. The summed E-state index contributed by atoms with van der Waals surface area (Å²) in [6, 6.07) is 5.29. The monoisotopic (exact) mass is 317 g/mol. The number of anilines is 2. The van der Waals surface area contributed by atoms with Crippen molar-refractivity contribution < 1.29 is 19.1 Å². The maximum atomic E-state index is 12.5. The molecule has 7 nitrogen and oxygen atoms in total. The minimum Gasteiger partial charge on any atom is -0.444 e. The number of amides is 3. The predicted molar refractivity (Wildman–Crippen MR) is 84.2 cm³/mol. The van der Waals surface area contributed by atoms with Gasteiger partial charge >= 0.3 is 6.09 Å². The molecule has 0 fully saturated rings. The van der Waals surface area contributed by atoms with Crippen molar-refractivity contribution in [3.8, 4) is 0 Å². The SMILES string of the molecule is CC(C)(C)OC(=O)NCC12CC(=O)Nc3cccc(c31)NC2=O. The molecule has 2 heterocycles. The van der Waals surface area contributed by atoms with Gasteiger partial charge in [-0.3, -0.25) is 9.59 Å². The second kappa shape index (κ2) is 4.97. The Morgan fingerprint density at radius 2 is 1.91 bits per heavy atom. The molecular formula is C16H19N3O4. The van der Waals surface area contributed by atoms with Crippen LogP contribution < -0.4 is 16.0 Å². The van der Waals surface area contributed by atoms with Gasteiger partial charge in [-0.25, -0.2) is 4.79 Å². The van der Waals surface area contributed by atoms with Gasteiger partial charge in [-0.1, -0.05) is 6.07 Å². The second-order valence-electron chi connectivity index (χ2n) is 6.84. The number of hydrogen-bond donors (Lipinski definition) is 3. The molecule has 0 radical (unpaired) electrons. The number of carbonyl (C=O) groups is 3. The van der Waals surface area contributed by atoms with Crippen LogP contribution in [0.2, 0.25) is 0 Å². The lowest BCUT2D eigenvalue weighted by Gasteiger charge is -2.32. The first kappa shape index (κ1) is 15.3. The molecule has 2 aliphatic rings. The minimum absolute atomic E-state index is 0.00514. The van der Waals surface area contributed by atoms with Gasteiger partial charge < -0.3 is 20.7 Å². The van der Waals surface area contributed by atoms with Crippen LogP contribution in [0.25, 0.3) is 0 Å². The van der Waals surface area contributed by atoms with Crippen LogP contribution in [0.1, 0.15) is 32.8 Å². The van der Waals surface area contributed by atoms with Crippen LogP contribution >= 0.6 is 0 Å². The molecule has 0 saturated heterocycles. The van der Waals surface area contributed by atoms with Crippen molar-refractivity contribution >= 4 is 29.3 Å². The van der Waals surface area contributed by atoms with Crippen molar-refractivity contribution in [3.05, 3.63) is 23.8 Å². The van der Waals surface area contributed by atoms with Crippen molar-refractivity contribution in [2.75, 3.05) is 17.2 Å². The molecular weight excluding hydrogens is 298 g/mol. The van der Waals surface area contributed by atoms with Crippen LogP contribution in [0, 0.1) is 0 Å². The van der Waals surface area contributed by atoms with Gasteiger partial charge in [0.15, 0.2) is 0 Å². The van der Waals surface area contributed by atoms with Gasteiger partial charge in [0.1, 0.15) is 11.0 Å². The lowest BCUT2D eigenvalue weighted by atomic mass is 9.75. The maximum absolute atomic E-state index is 12.5. The summed E-state index contributed by atoms with van der Waals surface area (Å²) in [6.07, 6.45) is -0.630. The first-order chi connectivity index (χ1) is 10.7. The normalized spacial score (nSPS) is 22.0. The molecule has 0 spiro atoms. The number of ether oxygens (including phenoxy) is 1. The molecule has 1 unspecified atom stereocenters. The summed E-state index contributed by atoms with van der Waals surface area (Å²) in [6.45, 7) is 5.28. The summed E-state index contributed by atoms with van der Waals surface area (Å²) in [7, 11) is 0. The highest BCUT2D eigenvalue weighted by Gasteiger charge is 2.52. The zero-order valence-electron chi connectivity index (χ0n) is 13.3. The van der Waals surface area contributed by atoms with E-state index in [2.05, 4.69) is 16.0 Å². The van der Waals surface area contributed by atoms with E-state index in [0.717, 1.165) is 5.56 Å². The maximum Gasteiger partial charge on any atom is 0.407 e. The summed E-state index contributed by atoms with van der Waals surface area (Å²) in [5.74, 6) is -0.538. The average molecular weight is 317 g/mol. The van der Waals surface area contributed by atoms with Gasteiger partial charge in [-0.05, 0) is 32.9 Å². The quantitative estimate of drug-likeness (QED) is 0.774. The molecule has 2 aliphatic heterocycles. The summed E-state index contributed by atoms with van der Waals surface area (Å²) >= 11 is 0. The zero-order valence-corrected chi connectivity index (χ0v) is 13.3. The molecule has 1 aromatic rings. The molecule has 1 atom stereocenters. The fraction of sp³-hybridized carbons (Fsp3) is 0.438. The van der Waals surface area contributed by atoms with E-state index >= 15 is 0 Å². The molecule has 0 bridgehead atoms. The van der Waals surface area contributed by atoms with Crippen molar-refractivity contribution in [2.24, 2.45) is 0 Å². The van der Waals surface area contributed by atoms with E-state index in [-0.39, 0.29) is 24.8 Å². The molecule has 0 aliphatic carbocycles. The highest BCUT2D eigenvalue weighted by molar-refractivity contribution is 6.14. The predicted octanol–water partition coefficient (Wildman–Crippen LogP) is 1.74. The van der Waals surface area contributed by atoms with Gasteiger partial charge in [-0.15, -0.1) is 0 Å². The Balaban J connectivity index is 1.89. The van der Waals surface area contributed by atoms with Gasteiger partial charge in [0.2, 0.25) is 11.8 Å². The van der Waals surface area contributed by atoms with Crippen molar-refractivity contribution in [2.45, 2.75) is 38.2 Å². The first-order valence-corrected chi connectivity index (χ1v) is 7.43. The number of hydrogen-bond acceptors (Lipinski definition) is 4. The van der Waals surface area contributed by atoms with Crippen molar-refractivity contribution in [1.82, 2.24) is 5.32 Å². The topological polar surface area (TPSA) is 96.5 Å². The zero-order chi connectivity index (χ0) is 16.8. The van der Waals surface area contributed by atoms with Crippen molar-refractivity contribution in [1.29, 1.82) is 0 Å². The van der Waals surface area contributed by atoms with E-state index in [4.69, 9.17) is 4.74 Å². The van der Waals surface area contributed by atoms with Crippen LogP contribution in [-0.2, 0) is 19.7 Å². The fourth-order valence-corrected chi connectivity index (χ4v) is 3.04. The van der Waals surface area contributed by atoms with Gasteiger partial charge in [-0.2, -0.15) is 0 Å². The lowest BCUT2D eigenvalue weighted by molar-refractivity contribution is -0.126. The van der Waals surface area contributed by atoms with E-state index in [9.17, 15) is 14.4 Å². The van der Waals surface area contributed by atoms with Gasteiger partial charge in [0.25, 0.3) is 0 Å². The lowest BCUT2D eigenvalue weighted by Crippen LogP contribution is -2.50. The number of carbonyl (C=O) groups excluding carboxylic acids is 3. The highest BCUT2D eigenvalue weighted by atomic mass is 16.6. The first-order valence-electron chi connectivity index (χ1n) is 7.43. The Morgan fingerprint density at radius 3 is 2.57 bits per heavy atom. The second-order valence-corrected chi connectivity index (χ2v) is 6.84. The number of benzene rings is 1. The standard InChI is InChI=1S/C16H19N3O4/c1-15(2,3)23-14(22)17-8-16-7-11(20)18-9-5-4-6-10(12(9)16)19-13(16)21/h4-6H,7-8H2,1-3H3,(H,17,22)(H,18,20)(H,19,21).